The van der Waals surface area contributed by atoms with E-state index >= 15 is 0 Å². The molecule has 2 amide bonds. The van der Waals surface area contributed by atoms with Gasteiger partial charge in [-0.15, -0.1) is 0 Å². The number of ether oxygens (including phenoxy) is 1. The number of imide groups is 1. The van der Waals surface area contributed by atoms with Crippen LogP contribution in [0.4, 0.5) is 11.4 Å². The third-order valence-corrected chi connectivity index (χ3v) is 8.32. The van der Waals surface area contributed by atoms with Crippen LogP contribution in [-0.2, 0) is 16.0 Å². The molecule has 198 valence electrons. The quantitative estimate of drug-likeness (QED) is 0.389. The minimum atomic E-state index is -0.274. The second kappa shape index (κ2) is 12.0. The number of hydrogen-bond acceptors (Lipinski definition) is 6. The summed E-state index contributed by atoms with van der Waals surface area (Å²) in [7, 11) is 0. The highest BCUT2D eigenvalue weighted by Gasteiger charge is 2.35. The van der Waals surface area contributed by atoms with Crippen LogP contribution in [0.15, 0.2) is 36.4 Å². The van der Waals surface area contributed by atoms with E-state index in [1.807, 2.05) is 36.4 Å². The summed E-state index contributed by atoms with van der Waals surface area (Å²) >= 11 is 12.6. The highest BCUT2D eigenvalue weighted by molar-refractivity contribution is 6.43. The highest BCUT2D eigenvalue weighted by atomic mass is 35.5. The van der Waals surface area contributed by atoms with Crippen molar-refractivity contribution in [2.45, 2.75) is 44.6 Å². The maximum atomic E-state index is 13.0. The molecule has 3 aliphatic rings. The first-order chi connectivity index (χ1) is 18.0. The molecule has 1 unspecified atom stereocenters. The third-order valence-electron chi connectivity index (χ3n) is 7.52. The molecule has 9 heteroatoms. The topological polar surface area (TPSA) is 65.1 Å². The van der Waals surface area contributed by atoms with Gasteiger partial charge in [0.2, 0.25) is 5.91 Å². The monoisotopic (exact) mass is 544 g/mol. The van der Waals surface area contributed by atoms with Crippen LogP contribution in [0.3, 0.4) is 0 Å². The molecule has 5 rings (SSSR count). The molecule has 0 saturated carbocycles. The van der Waals surface area contributed by atoms with E-state index in [0.29, 0.717) is 40.9 Å². The number of hydrogen-bond donors (Lipinski definition) is 1. The Morgan fingerprint density at radius 2 is 1.86 bits per heavy atom. The van der Waals surface area contributed by atoms with Gasteiger partial charge < -0.3 is 15.0 Å². The van der Waals surface area contributed by atoms with Crippen LogP contribution < -0.4 is 19.9 Å². The van der Waals surface area contributed by atoms with E-state index in [4.69, 9.17) is 27.9 Å². The maximum Gasteiger partial charge on any atom is 0.250 e. The van der Waals surface area contributed by atoms with E-state index in [-0.39, 0.29) is 17.9 Å². The first kappa shape index (κ1) is 26.3. The number of halogens is 2. The Kier molecular flexibility index (Phi) is 8.55. The predicted octanol–water partition coefficient (Wildman–Crippen LogP) is 4.53. The first-order valence-corrected chi connectivity index (χ1v) is 14.0. The number of carbonyl (C=O) groups is 2. The zero-order valence-electron chi connectivity index (χ0n) is 21.1. The molecule has 0 bridgehead atoms. The van der Waals surface area contributed by atoms with Gasteiger partial charge in [0.15, 0.2) is 0 Å². The van der Waals surface area contributed by atoms with Crippen LogP contribution in [0.1, 0.15) is 37.7 Å². The van der Waals surface area contributed by atoms with E-state index in [2.05, 4.69) is 15.1 Å². The molecule has 3 aliphatic heterocycles. The van der Waals surface area contributed by atoms with Crippen LogP contribution in [0.5, 0.6) is 5.75 Å². The van der Waals surface area contributed by atoms with Gasteiger partial charge in [-0.3, -0.25) is 14.5 Å². The van der Waals surface area contributed by atoms with Crippen molar-refractivity contribution in [3.63, 3.8) is 0 Å². The summed E-state index contributed by atoms with van der Waals surface area (Å²) in [6.45, 7) is 6.27. The van der Waals surface area contributed by atoms with Crippen molar-refractivity contribution in [3.05, 3.63) is 52.0 Å². The number of nitrogens with zero attached hydrogens (tertiary/aromatic N) is 3. The minimum Gasteiger partial charge on any atom is -0.494 e. The fraction of sp³-hybridized carbons (Fsp3) is 0.500. The number of aryl methyl sites for hydroxylation is 1. The molecule has 2 aromatic rings. The molecule has 2 saturated heterocycles. The Morgan fingerprint density at radius 1 is 1.03 bits per heavy atom. The number of rotatable bonds is 8. The lowest BCUT2D eigenvalue weighted by Gasteiger charge is -2.36. The molecule has 0 radical (unpaired) electrons. The van der Waals surface area contributed by atoms with Crippen LogP contribution in [0.2, 0.25) is 10.0 Å². The molecule has 2 aromatic carbocycles. The van der Waals surface area contributed by atoms with Gasteiger partial charge in [-0.1, -0.05) is 35.3 Å². The van der Waals surface area contributed by atoms with Crippen LogP contribution in [-0.4, -0.2) is 68.6 Å². The van der Waals surface area contributed by atoms with Gasteiger partial charge in [0.05, 0.1) is 34.1 Å². The van der Waals surface area contributed by atoms with Crippen molar-refractivity contribution in [2.24, 2.45) is 0 Å². The summed E-state index contributed by atoms with van der Waals surface area (Å²) in [5.74, 6) is 0.442. The Labute approximate surface area is 228 Å². The van der Waals surface area contributed by atoms with E-state index in [9.17, 15) is 9.59 Å². The molecular weight excluding hydrogens is 511 g/mol. The van der Waals surface area contributed by atoms with Gasteiger partial charge in [0.25, 0.3) is 5.91 Å². The second-order valence-electron chi connectivity index (χ2n) is 9.96. The van der Waals surface area contributed by atoms with Crippen molar-refractivity contribution >= 4 is 46.4 Å². The molecular formula is C28H34Cl2N4O3. The maximum absolute atomic E-state index is 13.0. The number of nitrogens with one attached hydrogen (secondary N) is 1. The molecule has 0 spiro atoms. The van der Waals surface area contributed by atoms with Gasteiger partial charge >= 0.3 is 0 Å². The summed E-state index contributed by atoms with van der Waals surface area (Å²) in [5, 5.41) is 4.44. The largest absolute Gasteiger partial charge is 0.494 e. The first-order valence-electron chi connectivity index (χ1n) is 13.3. The Hall–Kier alpha value is -2.32. The van der Waals surface area contributed by atoms with E-state index in [0.717, 1.165) is 76.2 Å². The van der Waals surface area contributed by atoms with E-state index in [1.54, 1.807) is 0 Å². The second-order valence-corrected chi connectivity index (χ2v) is 10.7. The van der Waals surface area contributed by atoms with E-state index in [1.165, 1.54) is 4.90 Å². The molecule has 1 N–H and O–H groups in total. The number of anilines is 2. The Bertz CT molecular complexity index is 1130. The van der Waals surface area contributed by atoms with E-state index < -0.39 is 0 Å². The van der Waals surface area contributed by atoms with Gasteiger partial charge in [-0.2, -0.15) is 0 Å². The van der Waals surface area contributed by atoms with Gasteiger partial charge in [-0.05, 0) is 69.0 Å². The van der Waals surface area contributed by atoms with Crippen molar-refractivity contribution in [1.82, 2.24) is 10.2 Å². The summed E-state index contributed by atoms with van der Waals surface area (Å²) in [4.78, 5) is 31.9. The normalized spacial score (nSPS) is 20.3. The average Bonchev–Trinajstić information content (AvgIpc) is 3.45. The fourth-order valence-corrected chi connectivity index (χ4v) is 5.83. The lowest BCUT2D eigenvalue weighted by molar-refractivity contribution is -0.127. The Morgan fingerprint density at radius 3 is 2.65 bits per heavy atom. The Balaban J connectivity index is 1.08. The van der Waals surface area contributed by atoms with Crippen LogP contribution in [0, 0.1) is 0 Å². The summed E-state index contributed by atoms with van der Waals surface area (Å²) < 4.78 is 6.03. The van der Waals surface area contributed by atoms with Crippen molar-refractivity contribution in [2.75, 3.05) is 55.7 Å². The molecule has 2 fully saturated rings. The molecule has 3 heterocycles. The highest BCUT2D eigenvalue weighted by Crippen LogP contribution is 2.34. The van der Waals surface area contributed by atoms with Crippen LogP contribution >= 0.6 is 23.2 Å². The average molecular weight is 546 g/mol. The zero-order valence-corrected chi connectivity index (χ0v) is 22.6. The predicted molar refractivity (Wildman–Crippen MR) is 148 cm³/mol. The van der Waals surface area contributed by atoms with Gasteiger partial charge in [-0.25, -0.2) is 4.90 Å². The number of benzene rings is 2. The summed E-state index contributed by atoms with van der Waals surface area (Å²) in [6.07, 6.45) is 4.74. The summed E-state index contributed by atoms with van der Waals surface area (Å²) in [6, 6.07) is 11.3. The molecule has 1 atom stereocenters. The lowest BCUT2D eigenvalue weighted by Crippen LogP contribution is -2.48. The van der Waals surface area contributed by atoms with Crippen molar-refractivity contribution in [1.29, 1.82) is 0 Å². The summed E-state index contributed by atoms with van der Waals surface area (Å²) in [5.41, 5.74) is 2.72. The standard InChI is InChI=1S/C28H34Cl2N4O3/c29-22-5-3-7-24(27(22)30)33-16-14-32(15-17-33)13-1-2-18-37-21-10-8-20-9-11-26(35)34(25(20)19-21)28(36)23-6-4-12-31-23/h3,5,7-8,10,19,23,31H,1-2,4,6,9,11-18H2. The number of carbonyl (C=O) groups excluding carboxylic acids is 2. The molecule has 0 aromatic heterocycles. The molecule has 0 aliphatic carbocycles. The number of fused-ring (bicyclic) bond motifs is 1. The van der Waals surface area contributed by atoms with Gasteiger partial charge in [0.1, 0.15) is 5.75 Å². The number of piperazine rings is 1. The van der Waals surface area contributed by atoms with Crippen molar-refractivity contribution < 1.29 is 14.3 Å². The van der Waals surface area contributed by atoms with Crippen LogP contribution in [0.25, 0.3) is 0 Å². The zero-order chi connectivity index (χ0) is 25.8. The minimum absolute atomic E-state index is 0.124. The lowest BCUT2D eigenvalue weighted by atomic mass is 9.99. The third kappa shape index (κ3) is 6.06. The molecule has 37 heavy (non-hydrogen) atoms. The smallest absolute Gasteiger partial charge is 0.250 e. The SMILES string of the molecule is O=C1CCc2ccc(OCCCCN3CCN(c4cccc(Cl)c4Cl)CC3)cc2N1C(=O)C1CCCN1. The number of unbranched alkanes of at least 4 members (excludes halogenated alkanes) is 1. The fourth-order valence-electron chi connectivity index (χ4n) is 5.41. The van der Waals surface area contributed by atoms with Crippen molar-refractivity contribution in [3.8, 4) is 5.75 Å². The van der Waals surface area contributed by atoms with Gasteiger partial charge in [0, 0.05) is 38.7 Å². The number of amides is 2. The molecule has 7 nitrogen and oxygen atoms in total.